The second kappa shape index (κ2) is 24.8. The van der Waals surface area contributed by atoms with Gasteiger partial charge in [-0.05, 0) is 34.7 Å². The molecule has 12 nitrogen and oxygen atoms in total. The average Bonchev–Trinajstić information content (AvgIpc) is 3.34. The molecule has 344 valence electrons. The standard InChI is InChI=1S/C52H58FNO11/c1-36-45(64-44(56)29-28-43(55)54-2)47(59-32-39-22-12-5-13-23-39)50(61-34-41-26-16-7-17-27-41)52(62-36)65-48-46(58-31-38-20-10-4-11-21-38)42(35-57-30-37-18-8-3-9-19-37)63-51(53)49(48)60-33-40-24-14-6-15-25-40/h3-27,36,42,45-52H,28-35H2,1-2H3,(H,54,55)/t36?,42?,45-,46+,47+,48+,49+,50?,51?,52+/m1/s1. The number of esters is 1. The fourth-order valence-corrected chi connectivity index (χ4v) is 7.78. The Balaban J connectivity index is 1.24. The van der Waals surface area contributed by atoms with Crippen molar-refractivity contribution in [1.29, 1.82) is 0 Å². The van der Waals surface area contributed by atoms with E-state index < -0.39 is 67.4 Å². The molecule has 13 heteroatoms. The lowest BCUT2D eigenvalue weighted by molar-refractivity contribution is -0.363. The van der Waals surface area contributed by atoms with E-state index in [9.17, 15) is 9.59 Å². The lowest BCUT2D eigenvalue weighted by Crippen LogP contribution is -2.65. The topological polar surface area (TPSA) is 129 Å². The van der Waals surface area contributed by atoms with Crippen molar-refractivity contribution < 1.29 is 56.6 Å². The van der Waals surface area contributed by atoms with Crippen molar-refractivity contribution in [3.8, 4) is 0 Å². The number of halogens is 1. The van der Waals surface area contributed by atoms with E-state index >= 15 is 4.39 Å². The molecule has 5 aromatic carbocycles. The first-order valence-electron chi connectivity index (χ1n) is 22.1. The first kappa shape index (κ1) is 47.6. The van der Waals surface area contributed by atoms with Gasteiger partial charge in [-0.3, -0.25) is 9.59 Å². The Bertz CT molecular complexity index is 2140. The monoisotopic (exact) mass is 891 g/mol. The van der Waals surface area contributed by atoms with Gasteiger partial charge in [-0.1, -0.05) is 152 Å². The number of alkyl halides is 1. The predicted octanol–water partition coefficient (Wildman–Crippen LogP) is 7.81. The molecule has 2 saturated heterocycles. The quantitative estimate of drug-likeness (QED) is 0.0684. The second-order valence-electron chi connectivity index (χ2n) is 16.0. The number of ether oxygens (including phenoxy) is 9. The molecule has 7 rings (SSSR count). The molecule has 0 radical (unpaired) electrons. The summed E-state index contributed by atoms with van der Waals surface area (Å²) in [5.41, 5.74) is 4.34. The van der Waals surface area contributed by atoms with E-state index in [1.807, 2.05) is 152 Å². The van der Waals surface area contributed by atoms with Gasteiger partial charge < -0.3 is 47.9 Å². The Morgan fingerprint density at radius 3 is 1.43 bits per heavy atom. The summed E-state index contributed by atoms with van der Waals surface area (Å²) in [6.07, 6.45) is -11.7. The highest BCUT2D eigenvalue weighted by Crippen LogP contribution is 2.36. The minimum absolute atomic E-state index is 0.0349. The Morgan fingerprint density at radius 1 is 0.523 bits per heavy atom. The third-order valence-electron chi connectivity index (χ3n) is 11.2. The number of hydrogen-bond acceptors (Lipinski definition) is 11. The van der Waals surface area contributed by atoms with Crippen molar-refractivity contribution in [2.75, 3.05) is 13.7 Å². The van der Waals surface area contributed by atoms with E-state index in [2.05, 4.69) is 5.32 Å². The van der Waals surface area contributed by atoms with E-state index in [1.54, 1.807) is 6.92 Å². The van der Waals surface area contributed by atoms with Gasteiger partial charge in [-0.15, -0.1) is 0 Å². The van der Waals surface area contributed by atoms with Crippen molar-refractivity contribution in [3.05, 3.63) is 179 Å². The Labute approximate surface area is 380 Å². The van der Waals surface area contributed by atoms with Crippen LogP contribution in [0.3, 0.4) is 0 Å². The zero-order chi connectivity index (χ0) is 45.2. The fourth-order valence-electron chi connectivity index (χ4n) is 7.78. The van der Waals surface area contributed by atoms with Gasteiger partial charge in [0.25, 0.3) is 0 Å². The van der Waals surface area contributed by atoms with Crippen LogP contribution in [0.4, 0.5) is 4.39 Å². The predicted molar refractivity (Wildman–Crippen MR) is 238 cm³/mol. The Hall–Kier alpha value is -5.35. The van der Waals surface area contributed by atoms with Crippen LogP contribution in [0, 0.1) is 0 Å². The van der Waals surface area contributed by atoms with Crippen LogP contribution < -0.4 is 5.32 Å². The highest BCUT2D eigenvalue weighted by atomic mass is 19.1. The molecular formula is C52H58FNO11. The van der Waals surface area contributed by atoms with Crippen molar-refractivity contribution in [2.24, 2.45) is 0 Å². The first-order valence-corrected chi connectivity index (χ1v) is 22.1. The van der Waals surface area contributed by atoms with Gasteiger partial charge in [0.2, 0.25) is 12.3 Å². The fraction of sp³-hybridized carbons (Fsp3) is 0.385. The van der Waals surface area contributed by atoms with E-state index in [0.29, 0.717) is 0 Å². The Morgan fingerprint density at radius 2 is 0.954 bits per heavy atom. The zero-order valence-electron chi connectivity index (χ0n) is 36.7. The largest absolute Gasteiger partial charge is 0.457 e. The summed E-state index contributed by atoms with van der Waals surface area (Å²) in [7, 11) is 1.51. The molecule has 10 atom stereocenters. The van der Waals surface area contributed by atoms with Gasteiger partial charge in [0.1, 0.15) is 36.6 Å². The normalized spacial score (nSPS) is 25.4. The van der Waals surface area contributed by atoms with E-state index in [1.165, 1.54) is 7.05 Å². The van der Waals surface area contributed by atoms with Crippen LogP contribution >= 0.6 is 0 Å². The van der Waals surface area contributed by atoms with Crippen LogP contribution in [0.5, 0.6) is 0 Å². The summed E-state index contributed by atoms with van der Waals surface area (Å²) < 4.78 is 75.6. The summed E-state index contributed by atoms with van der Waals surface area (Å²) in [6, 6.07) is 47.8. The molecule has 2 aliphatic heterocycles. The molecule has 0 aliphatic carbocycles. The maximum atomic E-state index is 16.9. The van der Waals surface area contributed by atoms with E-state index in [4.69, 9.17) is 42.6 Å². The summed E-state index contributed by atoms with van der Waals surface area (Å²) in [5.74, 6) is -0.917. The lowest BCUT2D eigenvalue weighted by Gasteiger charge is -2.49. The van der Waals surface area contributed by atoms with Crippen LogP contribution in [0.2, 0.25) is 0 Å². The smallest absolute Gasteiger partial charge is 0.306 e. The summed E-state index contributed by atoms with van der Waals surface area (Å²) >= 11 is 0. The van der Waals surface area contributed by atoms with Gasteiger partial charge in [-0.25, -0.2) is 4.39 Å². The number of rotatable bonds is 22. The van der Waals surface area contributed by atoms with E-state index in [-0.39, 0.29) is 58.4 Å². The third-order valence-corrected chi connectivity index (χ3v) is 11.2. The molecule has 65 heavy (non-hydrogen) atoms. The molecule has 1 amide bonds. The van der Waals surface area contributed by atoms with Crippen LogP contribution in [0.15, 0.2) is 152 Å². The number of carbonyl (C=O) groups is 2. The van der Waals surface area contributed by atoms with Crippen molar-refractivity contribution in [2.45, 2.75) is 114 Å². The van der Waals surface area contributed by atoms with Gasteiger partial charge in [0.15, 0.2) is 12.4 Å². The van der Waals surface area contributed by atoms with Crippen LogP contribution in [-0.2, 0) is 85.3 Å². The van der Waals surface area contributed by atoms with Gasteiger partial charge in [0.05, 0.1) is 52.2 Å². The molecule has 0 saturated carbocycles. The van der Waals surface area contributed by atoms with Crippen molar-refractivity contribution >= 4 is 11.9 Å². The van der Waals surface area contributed by atoms with Gasteiger partial charge in [0, 0.05) is 13.5 Å². The number of nitrogens with one attached hydrogen (secondary N) is 1. The van der Waals surface area contributed by atoms with E-state index in [0.717, 1.165) is 27.8 Å². The SMILES string of the molecule is CNC(=O)CCC(=O)O[C@@H]1C(C)O[C@@H](O[C@@H]2[C@H](OCc3ccccc3)C(F)OC(COCc3ccccc3)[C@@H]2OCc2ccccc2)C(OCc2ccccc2)[C@H]1OCc1ccccc1. The molecule has 0 bridgehead atoms. The highest BCUT2D eigenvalue weighted by molar-refractivity contribution is 5.81. The summed E-state index contributed by atoms with van der Waals surface area (Å²) in [5, 5.41) is 2.54. The minimum atomic E-state index is -1.98. The molecule has 0 spiro atoms. The van der Waals surface area contributed by atoms with Crippen molar-refractivity contribution in [3.63, 3.8) is 0 Å². The van der Waals surface area contributed by atoms with Crippen LogP contribution in [-0.4, -0.2) is 87.0 Å². The molecular weight excluding hydrogens is 834 g/mol. The minimum Gasteiger partial charge on any atom is -0.457 e. The number of amides is 1. The molecule has 0 aromatic heterocycles. The molecule has 5 aromatic rings. The molecule has 2 aliphatic rings. The van der Waals surface area contributed by atoms with Crippen LogP contribution in [0.25, 0.3) is 0 Å². The molecule has 2 heterocycles. The molecule has 1 N–H and O–H groups in total. The summed E-state index contributed by atoms with van der Waals surface area (Å²) in [6.45, 7) is 2.37. The van der Waals surface area contributed by atoms with Gasteiger partial charge in [-0.2, -0.15) is 0 Å². The van der Waals surface area contributed by atoms with Gasteiger partial charge >= 0.3 is 5.97 Å². The Kier molecular flexibility index (Phi) is 18.2. The van der Waals surface area contributed by atoms with Crippen LogP contribution in [0.1, 0.15) is 47.6 Å². The summed E-state index contributed by atoms with van der Waals surface area (Å²) in [4.78, 5) is 25.5. The molecule has 4 unspecified atom stereocenters. The molecule has 2 fully saturated rings. The maximum absolute atomic E-state index is 16.9. The average molecular weight is 892 g/mol. The number of carbonyl (C=O) groups excluding carboxylic acids is 2. The first-order chi connectivity index (χ1) is 31.8. The lowest BCUT2D eigenvalue weighted by atomic mass is 9.96. The third kappa shape index (κ3) is 14.1. The second-order valence-corrected chi connectivity index (χ2v) is 16.0. The number of benzene rings is 5. The number of hydrogen-bond donors (Lipinski definition) is 1. The maximum Gasteiger partial charge on any atom is 0.306 e. The zero-order valence-corrected chi connectivity index (χ0v) is 36.7. The highest BCUT2D eigenvalue weighted by Gasteiger charge is 2.54. The van der Waals surface area contributed by atoms with Crippen molar-refractivity contribution in [1.82, 2.24) is 5.32 Å².